The first-order valence-corrected chi connectivity index (χ1v) is 7.24. The van der Waals surface area contributed by atoms with Crippen LogP contribution < -0.4 is 0 Å². The van der Waals surface area contributed by atoms with E-state index in [4.69, 9.17) is 9.47 Å². The van der Waals surface area contributed by atoms with Gasteiger partial charge in [0.05, 0.1) is 13.2 Å². The second-order valence-electron chi connectivity index (χ2n) is 3.86. The summed E-state index contributed by atoms with van der Waals surface area (Å²) in [6, 6.07) is 5.86. The van der Waals surface area contributed by atoms with E-state index >= 15 is 0 Å². The maximum Gasteiger partial charge on any atom is 0.246 e. The van der Waals surface area contributed by atoms with E-state index in [9.17, 15) is 13.5 Å². The van der Waals surface area contributed by atoms with Crippen molar-refractivity contribution in [1.82, 2.24) is 4.31 Å². The monoisotopic (exact) mass is 289 g/mol. The molecule has 0 fully saturated rings. The highest BCUT2D eigenvalue weighted by atomic mass is 32.2. The van der Waals surface area contributed by atoms with Gasteiger partial charge in [-0.05, 0) is 12.1 Å². The van der Waals surface area contributed by atoms with Gasteiger partial charge >= 0.3 is 0 Å². The number of sulfonamides is 1. The van der Waals surface area contributed by atoms with Crippen molar-refractivity contribution >= 4 is 10.0 Å². The number of hydrogen-bond donors (Lipinski definition) is 1. The molecule has 6 nitrogen and oxygen atoms in total. The number of hydrogen-bond acceptors (Lipinski definition) is 5. The largest absolute Gasteiger partial charge is 0.507 e. The average molecular weight is 289 g/mol. The molecule has 0 saturated heterocycles. The van der Waals surface area contributed by atoms with Gasteiger partial charge in [0.15, 0.2) is 0 Å². The molecular formula is C12H19NO5S. The van der Waals surface area contributed by atoms with E-state index < -0.39 is 10.0 Å². The lowest BCUT2D eigenvalue weighted by Gasteiger charge is -2.21. The fourth-order valence-corrected chi connectivity index (χ4v) is 3.04. The van der Waals surface area contributed by atoms with Crippen LogP contribution in [0.3, 0.4) is 0 Å². The molecule has 0 spiro atoms. The van der Waals surface area contributed by atoms with Crippen LogP contribution in [-0.2, 0) is 19.5 Å². The Kier molecular flexibility index (Phi) is 6.23. The van der Waals surface area contributed by atoms with Crippen molar-refractivity contribution in [2.24, 2.45) is 0 Å². The van der Waals surface area contributed by atoms with E-state index in [1.807, 2.05) is 0 Å². The average Bonchev–Trinajstić information content (AvgIpc) is 2.39. The SMILES string of the molecule is COCCN(CCOC)S(=O)(=O)c1ccccc1O. The Morgan fingerprint density at radius 3 is 2.11 bits per heavy atom. The molecule has 1 N–H and O–H groups in total. The second kappa shape index (κ2) is 7.44. The second-order valence-corrected chi connectivity index (χ2v) is 5.76. The Morgan fingerprint density at radius 1 is 1.11 bits per heavy atom. The number of ether oxygens (including phenoxy) is 2. The van der Waals surface area contributed by atoms with Crippen LogP contribution in [0.15, 0.2) is 29.2 Å². The Balaban J connectivity index is 3.01. The van der Waals surface area contributed by atoms with Crippen LogP contribution in [0.25, 0.3) is 0 Å². The molecule has 19 heavy (non-hydrogen) atoms. The van der Waals surface area contributed by atoms with Crippen molar-refractivity contribution in [3.63, 3.8) is 0 Å². The van der Waals surface area contributed by atoms with Crippen LogP contribution in [-0.4, -0.2) is 58.4 Å². The molecule has 1 rings (SSSR count). The molecule has 0 aliphatic rings. The molecule has 0 bridgehead atoms. The molecule has 108 valence electrons. The molecule has 0 atom stereocenters. The molecule has 0 amide bonds. The predicted molar refractivity (Wildman–Crippen MR) is 70.6 cm³/mol. The first kappa shape index (κ1) is 15.9. The van der Waals surface area contributed by atoms with Crippen LogP contribution in [0.4, 0.5) is 0 Å². The lowest BCUT2D eigenvalue weighted by Crippen LogP contribution is -2.36. The number of para-hydroxylation sites is 1. The summed E-state index contributed by atoms with van der Waals surface area (Å²) in [4.78, 5) is -0.109. The number of phenols is 1. The lowest BCUT2D eigenvalue weighted by molar-refractivity contribution is 0.150. The van der Waals surface area contributed by atoms with Crippen LogP contribution in [0.5, 0.6) is 5.75 Å². The van der Waals surface area contributed by atoms with Gasteiger partial charge in [-0.3, -0.25) is 0 Å². The van der Waals surface area contributed by atoms with Gasteiger partial charge in [0.1, 0.15) is 10.6 Å². The quantitative estimate of drug-likeness (QED) is 0.761. The van der Waals surface area contributed by atoms with Crippen molar-refractivity contribution in [2.75, 3.05) is 40.5 Å². The smallest absolute Gasteiger partial charge is 0.246 e. The van der Waals surface area contributed by atoms with Gasteiger partial charge in [-0.15, -0.1) is 0 Å². The van der Waals surface area contributed by atoms with Gasteiger partial charge in [0, 0.05) is 27.3 Å². The Labute approximate surface area is 113 Å². The number of phenolic OH excluding ortho intramolecular Hbond substituents is 1. The summed E-state index contributed by atoms with van der Waals surface area (Å²) in [6.07, 6.45) is 0. The molecule has 1 aromatic carbocycles. The Morgan fingerprint density at radius 2 is 1.63 bits per heavy atom. The van der Waals surface area contributed by atoms with Crippen molar-refractivity contribution in [3.05, 3.63) is 24.3 Å². The van der Waals surface area contributed by atoms with E-state index in [1.54, 1.807) is 12.1 Å². The molecular weight excluding hydrogens is 270 g/mol. The van der Waals surface area contributed by atoms with Crippen LogP contribution in [0.2, 0.25) is 0 Å². The summed E-state index contributed by atoms with van der Waals surface area (Å²) in [5, 5.41) is 9.68. The van der Waals surface area contributed by atoms with Crippen molar-refractivity contribution < 1.29 is 23.0 Å². The molecule has 0 aromatic heterocycles. The van der Waals surface area contributed by atoms with Crippen LogP contribution in [0.1, 0.15) is 0 Å². The Bertz CT molecular complexity index is 481. The third-order valence-corrected chi connectivity index (χ3v) is 4.52. The topological polar surface area (TPSA) is 76.1 Å². The number of benzene rings is 1. The normalized spacial score (nSPS) is 11.9. The molecule has 0 radical (unpaired) electrons. The van der Waals surface area contributed by atoms with Gasteiger partial charge in [-0.1, -0.05) is 12.1 Å². The van der Waals surface area contributed by atoms with Crippen LogP contribution in [0, 0.1) is 0 Å². The van der Waals surface area contributed by atoms with Gasteiger partial charge in [-0.2, -0.15) is 4.31 Å². The van der Waals surface area contributed by atoms with E-state index in [1.165, 1.54) is 30.7 Å². The number of methoxy groups -OCH3 is 2. The van der Waals surface area contributed by atoms with E-state index in [0.717, 1.165) is 0 Å². The molecule has 0 heterocycles. The third-order valence-electron chi connectivity index (χ3n) is 2.57. The van der Waals surface area contributed by atoms with Gasteiger partial charge in [0.2, 0.25) is 10.0 Å². The van der Waals surface area contributed by atoms with E-state index in [0.29, 0.717) is 0 Å². The highest BCUT2D eigenvalue weighted by Crippen LogP contribution is 2.24. The van der Waals surface area contributed by atoms with Gasteiger partial charge in [-0.25, -0.2) is 8.42 Å². The summed E-state index contributed by atoms with van der Waals surface area (Å²) in [6.45, 7) is 0.958. The highest BCUT2D eigenvalue weighted by molar-refractivity contribution is 7.89. The van der Waals surface area contributed by atoms with Crippen molar-refractivity contribution in [3.8, 4) is 5.75 Å². The summed E-state index contributed by atoms with van der Waals surface area (Å²) < 4.78 is 35.9. The molecule has 7 heteroatoms. The third kappa shape index (κ3) is 4.17. The highest BCUT2D eigenvalue weighted by Gasteiger charge is 2.26. The summed E-state index contributed by atoms with van der Waals surface area (Å²) >= 11 is 0. The zero-order valence-corrected chi connectivity index (χ0v) is 11.9. The summed E-state index contributed by atoms with van der Waals surface area (Å²) in [5.74, 6) is -0.262. The summed E-state index contributed by atoms with van der Waals surface area (Å²) in [7, 11) is -0.751. The molecule has 0 saturated carbocycles. The first-order valence-electron chi connectivity index (χ1n) is 5.80. The number of nitrogens with zero attached hydrogens (tertiary/aromatic N) is 1. The van der Waals surface area contributed by atoms with E-state index in [-0.39, 0.29) is 36.9 Å². The summed E-state index contributed by atoms with van der Waals surface area (Å²) in [5.41, 5.74) is 0. The van der Waals surface area contributed by atoms with Crippen molar-refractivity contribution in [1.29, 1.82) is 0 Å². The standard InChI is InChI=1S/C12H19NO5S/c1-17-9-7-13(8-10-18-2)19(15,16)12-6-4-3-5-11(12)14/h3-6,14H,7-10H2,1-2H3. The zero-order valence-electron chi connectivity index (χ0n) is 11.1. The molecule has 0 aliphatic heterocycles. The van der Waals surface area contributed by atoms with Gasteiger partial charge < -0.3 is 14.6 Å². The fourth-order valence-electron chi connectivity index (χ4n) is 1.55. The minimum Gasteiger partial charge on any atom is -0.507 e. The lowest BCUT2D eigenvalue weighted by atomic mass is 10.3. The molecule has 0 unspecified atom stereocenters. The van der Waals surface area contributed by atoms with Crippen LogP contribution >= 0.6 is 0 Å². The van der Waals surface area contributed by atoms with Gasteiger partial charge in [0.25, 0.3) is 0 Å². The van der Waals surface area contributed by atoms with Crippen molar-refractivity contribution in [2.45, 2.75) is 4.90 Å². The van der Waals surface area contributed by atoms with E-state index in [2.05, 4.69) is 0 Å². The minimum atomic E-state index is -3.75. The molecule has 1 aromatic rings. The fraction of sp³-hybridized carbons (Fsp3) is 0.500. The zero-order chi connectivity index (χ0) is 14.3. The Hall–Kier alpha value is -1.15. The minimum absolute atomic E-state index is 0.109. The number of rotatable bonds is 8. The predicted octanol–water partition coefficient (Wildman–Crippen LogP) is 0.676. The number of aromatic hydroxyl groups is 1. The maximum absolute atomic E-state index is 12.4. The maximum atomic E-state index is 12.4. The molecule has 0 aliphatic carbocycles. The first-order chi connectivity index (χ1) is 9.04.